The topological polar surface area (TPSA) is 93.1 Å². The second-order valence-electron chi connectivity index (χ2n) is 6.96. The van der Waals surface area contributed by atoms with E-state index < -0.39 is 5.82 Å². The smallest absolute Gasteiger partial charge is 0.257 e. The van der Waals surface area contributed by atoms with Crippen LogP contribution in [0.25, 0.3) is 0 Å². The van der Waals surface area contributed by atoms with Gasteiger partial charge in [0.2, 0.25) is 0 Å². The van der Waals surface area contributed by atoms with E-state index in [1.165, 1.54) is 12.1 Å². The molecular weight excluding hydrogens is 387 g/mol. The average Bonchev–Trinajstić information content (AvgIpc) is 2.75. The van der Waals surface area contributed by atoms with Gasteiger partial charge in [-0.1, -0.05) is 6.07 Å². The van der Waals surface area contributed by atoms with E-state index in [0.717, 1.165) is 6.20 Å². The number of hydrogen-bond acceptors (Lipinski definition) is 7. The minimum Gasteiger partial charge on any atom is -0.368 e. The number of carbonyl (C=O) groups is 1. The number of nitrogens with zero attached hydrogens (tertiary/aromatic N) is 5. The summed E-state index contributed by atoms with van der Waals surface area (Å²) in [7, 11) is 0. The molecule has 30 heavy (non-hydrogen) atoms. The lowest BCUT2D eigenvalue weighted by Gasteiger charge is -2.33. The van der Waals surface area contributed by atoms with Crippen LogP contribution in [0.15, 0.2) is 42.7 Å². The molecule has 1 N–H and O–H groups in total. The molecule has 0 saturated carbocycles. The highest BCUT2D eigenvalue weighted by atomic mass is 19.1. The van der Waals surface area contributed by atoms with Crippen molar-refractivity contribution in [2.45, 2.75) is 20.0 Å². The molecule has 1 aliphatic heterocycles. The van der Waals surface area contributed by atoms with Gasteiger partial charge in [0.1, 0.15) is 29.4 Å². The Morgan fingerprint density at radius 2 is 2.00 bits per heavy atom. The van der Waals surface area contributed by atoms with Crippen LogP contribution in [0.2, 0.25) is 0 Å². The average molecular weight is 408 g/mol. The van der Waals surface area contributed by atoms with E-state index in [1.807, 2.05) is 12.1 Å². The van der Waals surface area contributed by atoms with Crippen molar-refractivity contribution in [2.75, 3.05) is 25.0 Å². The molecule has 3 aromatic heterocycles. The monoisotopic (exact) mass is 408 g/mol. The summed E-state index contributed by atoms with van der Waals surface area (Å²) in [6, 6.07) is 8.34. The summed E-state index contributed by atoms with van der Waals surface area (Å²) in [5.74, 6) is 1.15. The lowest BCUT2D eigenvalue weighted by atomic mass is 10.1. The fourth-order valence-corrected chi connectivity index (χ4v) is 3.26. The first-order valence-electron chi connectivity index (χ1n) is 9.56. The van der Waals surface area contributed by atoms with Crippen LogP contribution >= 0.6 is 0 Å². The number of ether oxygens (including phenoxy) is 1. The molecule has 1 aliphatic rings. The van der Waals surface area contributed by atoms with Gasteiger partial charge in [-0.3, -0.25) is 4.79 Å². The van der Waals surface area contributed by atoms with Crippen molar-refractivity contribution in [3.8, 4) is 0 Å². The van der Waals surface area contributed by atoms with Gasteiger partial charge in [-0.15, -0.1) is 0 Å². The zero-order chi connectivity index (χ0) is 21.1. The lowest BCUT2D eigenvalue weighted by Crippen LogP contribution is -2.42. The normalized spacial score (nSPS) is 16.4. The van der Waals surface area contributed by atoms with Crippen molar-refractivity contribution < 1.29 is 13.9 Å². The van der Waals surface area contributed by atoms with Crippen LogP contribution in [0.1, 0.15) is 33.7 Å². The molecule has 0 aromatic carbocycles. The first-order valence-corrected chi connectivity index (χ1v) is 9.56. The van der Waals surface area contributed by atoms with Gasteiger partial charge >= 0.3 is 0 Å². The van der Waals surface area contributed by atoms with Gasteiger partial charge in [0, 0.05) is 12.7 Å². The van der Waals surface area contributed by atoms with Crippen LogP contribution in [0, 0.1) is 19.7 Å². The molecule has 1 unspecified atom stereocenters. The Labute approximate surface area is 173 Å². The Morgan fingerprint density at radius 3 is 2.77 bits per heavy atom. The molecular formula is C21H21FN6O2. The quantitative estimate of drug-likeness (QED) is 0.709. The lowest BCUT2D eigenvalue weighted by molar-refractivity contribution is -0.0247. The fraction of sp³-hybridized carbons (Fsp3) is 0.286. The molecule has 4 rings (SSSR count). The summed E-state index contributed by atoms with van der Waals surface area (Å²) in [6.45, 7) is 4.86. The van der Waals surface area contributed by atoms with Crippen LogP contribution in [0.3, 0.4) is 0 Å². The zero-order valence-corrected chi connectivity index (χ0v) is 16.7. The van der Waals surface area contributed by atoms with Crippen LogP contribution in [0.4, 0.5) is 16.0 Å². The maximum atomic E-state index is 13.0. The molecule has 1 atom stereocenters. The van der Waals surface area contributed by atoms with Gasteiger partial charge in [0.15, 0.2) is 0 Å². The Balaban J connectivity index is 1.49. The summed E-state index contributed by atoms with van der Waals surface area (Å²) < 4.78 is 18.9. The van der Waals surface area contributed by atoms with Gasteiger partial charge in [-0.2, -0.15) is 0 Å². The molecule has 0 aliphatic carbocycles. The molecule has 154 valence electrons. The van der Waals surface area contributed by atoms with Crippen LogP contribution in [0.5, 0.6) is 0 Å². The second kappa shape index (κ2) is 8.50. The van der Waals surface area contributed by atoms with Crippen molar-refractivity contribution in [2.24, 2.45) is 0 Å². The number of carbonyl (C=O) groups excluding carboxylic acids is 1. The minimum atomic E-state index is -0.406. The number of halogens is 1. The molecule has 3 aromatic rings. The number of pyridine rings is 2. The van der Waals surface area contributed by atoms with Crippen molar-refractivity contribution in [1.29, 1.82) is 0 Å². The Hall–Kier alpha value is -3.46. The van der Waals surface area contributed by atoms with Crippen molar-refractivity contribution in [1.82, 2.24) is 24.8 Å². The highest BCUT2D eigenvalue weighted by molar-refractivity contribution is 5.95. The number of nitrogens with one attached hydrogen (secondary N) is 1. The van der Waals surface area contributed by atoms with Crippen LogP contribution < -0.4 is 5.32 Å². The summed E-state index contributed by atoms with van der Waals surface area (Å²) in [5.41, 5.74) is 1.84. The standard InChI is InChI=1S/C21H21FN6O2/c1-13-16(11-23-14(2)25-13)21(29)28-8-9-30-18(12-28)17-4-3-5-20(26-17)27-19-7-6-15(22)10-24-19/h3-7,10-11,18H,8-9,12H2,1-2H3,(H,24,26,27). The van der Waals surface area contributed by atoms with Gasteiger partial charge in [0.05, 0.1) is 36.3 Å². The third-order valence-electron chi connectivity index (χ3n) is 4.77. The van der Waals surface area contributed by atoms with Gasteiger partial charge in [-0.25, -0.2) is 24.3 Å². The van der Waals surface area contributed by atoms with Gasteiger partial charge in [0.25, 0.3) is 5.91 Å². The third-order valence-corrected chi connectivity index (χ3v) is 4.77. The maximum Gasteiger partial charge on any atom is 0.257 e. The molecule has 1 fully saturated rings. The number of amides is 1. The van der Waals surface area contributed by atoms with E-state index in [0.29, 0.717) is 54.1 Å². The van der Waals surface area contributed by atoms with E-state index in [4.69, 9.17) is 4.74 Å². The SMILES string of the molecule is Cc1ncc(C(=O)N2CCOC(c3cccc(Nc4ccc(F)cn4)n3)C2)c(C)n1. The van der Waals surface area contributed by atoms with Crippen molar-refractivity contribution >= 4 is 17.5 Å². The van der Waals surface area contributed by atoms with E-state index in [-0.39, 0.29) is 12.0 Å². The Kier molecular flexibility index (Phi) is 5.62. The first kappa shape index (κ1) is 19.8. The van der Waals surface area contributed by atoms with Gasteiger partial charge in [-0.05, 0) is 38.1 Å². The van der Waals surface area contributed by atoms with Crippen molar-refractivity contribution in [3.05, 3.63) is 71.3 Å². The number of hydrogen-bond donors (Lipinski definition) is 1. The molecule has 9 heteroatoms. The summed E-state index contributed by atoms with van der Waals surface area (Å²) in [5, 5.41) is 3.04. The van der Waals surface area contributed by atoms with E-state index >= 15 is 0 Å². The number of rotatable bonds is 4. The van der Waals surface area contributed by atoms with E-state index in [2.05, 4.69) is 25.3 Å². The predicted molar refractivity (Wildman–Crippen MR) is 108 cm³/mol. The molecule has 0 spiro atoms. The van der Waals surface area contributed by atoms with E-state index in [1.54, 1.807) is 31.0 Å². The Bertz CT molecular complexity index is 1060. The highest BCUT2D eigenvalue weighted by Crippen LogP contribution is 2.24. The largest absolute Gasteiger partial charge is 0.368 e. The summed E-state index contributed by atoms with van der Waals surface area (Å²) >= 11 is 0. The number of morpholine rings is 1. The molecule has 0 bridgehead atoms. The second-order valence-corrected chi connectivity index (χ2v) is 6.96. The first-order chi connectivity index (χ1) is 14.5. The third kappa shape index (κ3) is 4.41. The van der Waals surface area contributed by atoms with Crippen molar-refractivity contribution in [3.63, 3.8) is 0 Å². The number of aryl methyl sites for hydroxylation is 2. The Morgan fingerprint density at radius 1 is 1.13 bits per heavy atom. The maximum absolute atomic E-state index is 13.0. The molecule has 4 heterocycles. The summed E-state index contributed by atoms with van der Waals surface area (Å²) in [6.07, 6.45) is 2.34. The zero-order valence-electron chi connectivity index (χ0n) is 16.7. The summed E-state index contributed by atoms with van der Waals surface area (Å²) in [4.78, 5) is 31.7. The van der Waals surface area contributed by atoms with Gasteiger partial charge < -0.3 is 15.0 Å². The molecule has 0 radical (unpaired) electrons. The van der Waals surface area contributed by atoms with Crippen LogP contribution in [-0.2, 0) is 4.74 Å². The predicted octanol–water partition coefficient (Wildman–Crippen LogP) is 2.98. The molecule has 8 nitrogen and oxygen atoms in total. The van der Waals surface area contributed by atoms with Crippen LogP contribution in [-0.4, -0.2) is 50.4 Å². The molecule has 1 saturated heterocycles. The minimum absolute atomic E-state index is 0.120. The number of anilines is 2. The van der Waals surface area contributed by atoms with E-state index in [9.17, 15) is 9.18 Å². The molecule has 1 amide bonds. The number of aromatic nitrogens is 4. The highest BCUT2D eigenvalue weighted by Gasteiger charge is 2.28. The fourth-order valence-electron chi connectivity index (χ4n) is 3.26.